The Bertz CT molecular complexity index is 322. The standard InChI is InChI=1S/C14H28O4SSi/c1-6-10-14(16-3)12(19-13(15)7-2)9-8-11-20(14,17-4)18-5/h12H,6-11H2,1-5H3. The fourth-order valence-corrected chi connectivity index (χ4v) is 9.18. The van der Waals surface area contributed by atoms with Crippen LogP contribution in [0.4, 0.5) is 0 Å². The normalized spacial score (nSPS) is 29.4. The number of hydrogen-bond acceptors (Lipinski definition) is 5. The zero-order chi connectivity index (χ0) is 15.2. The summed E-state index contributed by atoms with van der Waals surface area (Å²) >= 11 is 1.44. The molecule has 1 aliphatic rings. The van der Waals surface area contributed by atoms with E-state index < -0.39 is 13.8 Å². The maximum atomic E-state index is 11.9. The van der Waals surface area contributed by atoms with Crippen LogP contribution in [0.3, 0.4) is 0 Å². The second kappa shape index (κ2) is 7.94. The monoisotopic (exact) mass is 320 g/mol. The van der Waals surface area contributed by atoms with Gasteiger partial charge < -0.3 is 13.6 Å². The SMILES string of the molecule is CCCC1(OC)C(SC(=O)CC)CCC[Si]1(OC)OC. The van der Waals surface area contributed by atoms with Crippen molar-refractivity contribution in [2.75, 3.05) is 21.3 Å². The highest BCUT2D eigenvalue weighted by Crippen LogP contribution is 2.48. The first kappa shape index (κ1) is 18.2. The van der Waals surface area contributed by atoms with Gasteiger partial charge in [-0.05, 0) is 18.9 Å². The molecule has 0 N–H and O–H groups in total. The van der Waals surface area contributed by atoms with E-state index in [0.29, 0.717) is 6.42 Å². The van der Waals surface area contributed by atoms with Gasteiger partial charge in [-0.15, -0.1) is 0 Å². The van der Waals surface area contributed by atoms with Crippen molar-refractivity contribution in [3.63, 3.8) is 0 Å². The number of rotatable bonds is 7. The minimum atomic E-state index is -2.47. The molecule has 20 heavy (non-hydrogen) atoms. The molecule has 0 bridgehead atoms. The van der Waals surface area contributed by atoms with E-state index in [0.717, 1.165) is 31.7 Å². The van der Waals surface area contributed by atoms with E-state index in [1.165, 1.54) is 11.8 Å². The summed E-state index contributed by atoms with van der Waals surface area (Å²) in [5, 5.41) is -0.0660. The lowest BCUT2D eigenvalue weighted by molar-refractivity contribution is -0.110. The van der Waals surface area contributed by atoms with Gasteiger partial charge in [0, 0.05) is 33.0 Å². The lowest BCUT2D eigenvalue weighted by Gasteiger charge is -2.51. The number of thioether (sulfide) groups is 1. The smallest absolute Gasteiger partial charge is 0.371 e. The highest BCUT2D eigenvalue weighted by atomic mass is 32.2. The average molecular weight is 321 g/mol. The van der Waals surface area contributed by atoms with Crippen molar-refractivity contribution < 1.29 is 18.4 Å². The predicted molar refractivity (Wildman–Crippen MR) is 85.1 cm³/mol. The summed E-state index contributed by atoms with van der Waals surface area (Å²) in [5.41, 5.74) is 0. The van der Waals surface area contributed by atoms with Gasteiger partial charge in [-0.2, -0.15) is 0 Å². The van der Waals surface area contributed by atoms with E-state index >= 15 is 0 Å². The van der Waals surface area contributed by atoms with Crippen LogP contribution in [-0.4, -0.2) is 45.5 Å². The summed E-state index contributed by atoms with van der Waals surface area (Å²) < 4.78 is 17.8. The fourth-order valence-electron chi connectivity index (χ4n) is 3.35. The fraction of sp³-hybridized carbons (Fsp3) is 0.929. The molecular formula is C14H28O4SSi. The Kier molecular flexibility index (Phi) is 7.21. The molecule has 1 rings (SSSR count). The molecule has 118 valence electrons. The van der Waals surface area contributed by atoms with Crippen molar-refractivity contribution in [1.82, 2.24) is 0 Å². The van der Waals surface area contributed by atoms with Crippen molar-refractivity contribution in [2.24, 2.45) is 0 Å². The first-order valence-corrected chi connectivity index (χ1v) is 10.3. The molecule has 1 saturated heterocycles. The molecule has 2 atom stereocenters. The van der Waals surface area contributed by atoms with E-state index in [9.17, 15) is 4.79 Å². The van der Waals surface area contributed by atoms with E-state index in [4.69, 9.17) is 13.6 Å². The van der Waals surface area contributed by atoms with Gasteiger partial charge in [-0.3, -0.25) is 4.79 Å². The number of methoxy groups -OCH3 is 1. The van der Waals surface area contributed by atoms with Gasteiger partial charge in [0.15, 0.2) is 5.12 Å². The van der Waals surface area contributed by atoms with Crippen LogP contribution in [0, 0.1) is 0 Å². The summed E-state index contributed by atoms with van der Waals surface area (Å²) in [4.78, 5) is 11.9. The lowest BCUT2D eigenvalue weighted by atomic mass is 10.1. The number of hydrogen-bond donors (Lipinski definition) is 0. The Hall–Kier alpha value is 0.117. The highest BCUT2D eigenvalue weighted by Gasteiger charge is 2.63. The lowest BCUT2D eigenvalue weighted by Crippen LogP contribution is -2.69. The molecule has 0 amide bonds. The third-order valence-corrected chi connectivity index (χ3v) is 10.4. The number of carbonyl (C=O) groups is 1. The van der Waals surface area contributed by atoms with E-state index in [1.54, 1.807) is 21.3 Å². The highest BCUT2D eigenvalue weighted by molar-refractivity contribution is 8.14. The molecule has 0 radical (unpaired) electrons. The first-order valence-electron chi connectivity index (χ1n) is 7.40. The molecule has 1 aliphatic heterocycles. The summed E-state index contributed by atoms with van der Waals surface area (Å²) in [5.74, 6) is 0. The number of ether oxygens (including phenoxy) is 1. The molecule has 0 aromatic rings. The second-order valence-corrected chi connectivity index (χ2v) is 10.2. The van der Waals surface area contributed by atoms with Crippen LogP contribution in [-0.2, 0) is 18.4 Å². The summed E-state index contributed by atoms with van der Waals surface area (Å²) in [6.45, 7) is 4.05. The van der Waals surface area contributed by atoms with E-state index in [2.05, 4.69) is 6.92 Å². The Morgan fingerprint density at radius 2 is 1.95 bits per heavy atom. The molecule has 1 fully saturated rings. The molecule has 2 unspecified atom stereocenters. The largest absolute Gasteiger partial charge is 0.396 e. The van der Waals surface area contributed by atoms with Crippen LogP contribution >= 0.6 is 11.8 Å². The molecule has 0 aromatic heterocycles. The third-order valence-electron chi connectivity index (χ3n) is 4.34. The Balaban J connectivity index is 3.16. The van der Waals surface area contributed by atoms with Gasteiger partial charge in [0.25, 0.3) is 0 Å². The molecule has 0 aromatic carbocycles. The maximum Gasteiger partial charge on any atom is 0.371 e. The van der Waals surface area contributed by atoms with Crippen molar-refractivity contribution in [1.29, 1.82) is 0 Å². The van der Waals surface area contributed by atoms with Gasteiger partial charge in [-0.25, -0.2) is 0 Å². The first-order chi connectivity index (χ1) is 9.55. The molecule has 6 heteroatoms. The minimum Gasteiger partial charge on any atom is -0.396 e. The molecule has 0 spiro atoms. The average Bonchev–Trinajstić information content (AvgIpc) is 2.48. The van der Waals surface area contributed by atoms with Gasteiger partial charge in [-0.1, -0.05) is 38.5 Å². The van der Waals surface area contributed by atoms with Crippen LogP contribution in [0.1, 0.15) is 46.0 Å². The quantitative estimate of drug-likeness (QED) is 0.674. The van der Waals surface area contributed by atoms with E-state index in [1.807, 2.05) is 6.92 Å². The molecule has 0 aliphatic carbocycles. The maximum absolute atomic E-state index is 11.9. The van der Waals surface area contributed by atoms with Crippen molar-refractivity contribution in [3.8, 4) is 0 Å². The van der Waals surface area contributed by atoms with Crippen LogP contribution in [0.15, 0.2) is 0 Å². The van der Waals surface area contributed by atoms with Crippen LogP contribution in [0.5, 0.6) is 0 Å². The summed E-state index contributed by atoms with van der Waals surface area (Å²) in [6, 6.07) is 0.936. The van der Waals surface area contributed by atoms with Gasteiger partial charge >= 0.3 is 8.56 Å². The van der Waals surface area contributed by atoms with E-state index in [-0.39, 0.29) is 10.4 Å². The van der Waals surface area contributed by atoms with Crippen molar-refractivity contribution >= 4 is 25.4 Å². The zero-order valence-corrected chi connectivity index (χ0v) is 15.2. The third kappa shape index (κ3) is 3.14. The van der Waals surface area contributed by atoms with Crippen molar-refractivity contribution in [2.45, 2.75) is 62.5 Å². The minimum absolute atomic E-state index is 0.139. The topological polar surface area (TPSA) is 44.8 Å². The Morgan fingerprint density at radius 1 is 1.30 bits per heavy atom. The van der Waals surface area contributed by atoms with Crippen LogP contribution in [0.25, 0.3) is 0 Å². The molecule has 4 nitrogen and oxygen atoms in total. The molecule has 1 heterocycles. The second-order valence-electron chi connectivity index (χ2n) is 5.23. The van der Waals surface area contributed by atoms with Gasteiger partial charge in [0.05, 0.1) is 0 Å². The van der Waals surface area contributed by atoms with Crippen LogP contribution < -0.4 is 0 Å². The summed E-state index contributed by atoms with van der Waals surface area (Å²) in [7, 11) is 2.73. The predicted octanol–water partition coefficient (Wildman–Crippen LogP) is 3.28. The molecule has 0 saturated carbocycles. The summed E-state index contributed by atoms with van der Waals surface area (Å²) in [6.07, 6.45) is 4.46. The Morgan fingerprint density at radius 3 is 2.40 bits per heavy atom. The zero-order valence-electron chi connectivity index (χ0n) is 13.4. The molecular weight excluding hydrogens is 292 g/mol. The van der Waals surface area contributed by atoms with Gasteiger partial charge in [0.2, 0.25) is 0 Å². The van der Waals surface area contributed by atoms with Crippen molar-refractivity contribution in [3.05, 3.63) is 0 Å². The number of carbonyl (C=O) groups excluding carboxylic acids is 1. The van der Waals surface area contributed by atoms with Crippen LogP contribution in [0.2, 0.25) is 6.04 Å². The van der Waals surface area contributed by atoms with Gasteiger partial charge in [0.1, 0.15) is 5.22 Å². The Labute approximate surface area is 128 Å².